The van der Waals surface area contributed by atoms with Crippen molar-refractivity contribution in [3.63, 3.8) is 0 Å². The van der Waals surface area contributed by atoms with Crippen molar-refractivity contribution in [1.82, 2.24) is 4.57 Å². The van der Waals surface area contributed by atoms with E-state index in [4.69, 9.17) is 14.2 Å². The zero-order valence-corrected chi connectivity index (χ0v) is 19.5. The van der Waals surface area contributed by atoms with Crippen molar-refractivity contribution in [2.24, 2.45) is 4.99 Å². The van der Waals surface area contributed by atoms with Gasteiger partial charge in [-0.25, -0.2) is 9.79 Å². The summed E-state index contributed by atoms with van der Waals surface area (Å²) >= 11 is 4.81. The molecule has 5 rings (SSSR count). The highest BCUT2D eigenvalue weighted by Gasteiger charge is 2.33. The molecule has 1 aromatic heterocycles. The van der Waals surface area contributed by atoms with Gasteiger partial charge in [0.25, 0.3) is 5.56 Å². The zero-order valence-electron chi connectivity index (χ0n) is 17.1. The Labute approximate surface area is 195 Å². The number of hydrogen-bond acceptors (Lipinski definition) is 7. The second kappa shape index (κ2) is 8.07. The molecule has 9 heteroatoms. The molecule has 2 aliphatic rings. The van der Waals surface area contributed by atoms with Gasteiger partial charge in [0.2, 0.25) is 6.79 Å². The first-order valence-electron chi connectivity index (χ1n) is 9.73. The molecule has 3 aromatic rings. The van der Waals surface area contributed by atoms with Gasteiger partial charge < -0.3 is 14.2 Å². The summed E-state index contributed by atoms with van der Waals surface area (Å²) in [6.07, 6.45) is 1.79. The van der Waals surface area contributed by atoms with Crippen LogP contribution >= 0.6 is 27.3 Å². The van der Waals surface area contributed by atoms with Gasteiger partial charge in [0.1, 0.15) is 0 Å². The van der Waals surface area contributed by atoms with E-state index in [-0.39, 0.29) is 12.4 Å². The summed E-state index contributed by atoms with van der Waals surface area (Å²) in [5, 5.41) is 0. The molecule has 0 saturated heterocycles. The molecule has 0 aliphatic carbocycles. The number of allylic oxidation sites excluding steroid dienone is 1. The molecule has 0 unspecified atom stereocenters. The minimum atomic E-state index is -0.623. The highest BCUT2D eigenvalue weighted by molar-refractivity contribution is 9.10. The molecule has 0 amide bonds. The van der Waals surface area contributed by atoms with Crippen LogP contribution in [0.15, 0.2) is 68.0 Å². The molecule has 32 heavy (non-hydrogen) atoms. The Hall–Kier alpha value is -3.17. The van der Waals surface area contributed by atoms with Crippen LogP contribution in [0.2, 0.25) is 0 Å². The molecule has 1 atom stereocenters. The third-order valence-corrected chi connectivity index (χ3v) is 6.99. The number of halogens is 1. The maximum Gasteiger partial charge on any atom is 0.338 e. The molecule has 0 spiro atoms. The number of thiazole rings is 1. The fourth-order valence-corrected chi connectivity index (χ4v) is 5.30. The number of hydrogen-bond donors (Lipinski definition) is 0. The molecule has 7 nitrogen and oxygen atoms in total. The number of aromatic nitrogens is 1. The van der Waals surface area contributed by atoms with Gasteiger partial charge in [0.05, 0.1) is 29.0 Å². The molecule has 2 aromatic carbocycles. The Morgan fingerprint density at radius 3 is 2.69 bits per heavy atom. The van der Waals surface area contributed by atoms with Gasteiger partial charge in [0, 0.05) is 4.47 Å². The van der Waals surface area contributed by atoms with Crippen LogP contribution in [0.25, 0.3) is 6.08 Å². The van der Waals surface area contributed by atoms with Crippen LogP contribution in [0.5, 0.6) is 11.5 Å². The molecule has 0 N–H and O–H groups in total. The van der Waals surface area contributed by atoms with Gasteiger partial charge in [-0.1, -0.05) is 57.6 Å². The molecule has 0 bridgehead atoms. The summed E-state index contributed by atoms with van der Waals surface area (Å²) < 4.78 is 18.7. The average molecular weight is 513 g/mol. The third kappa shape index (κ3) is 3.37. The largest absolute Gasteiger partial charge is 0.466 e. The number of carbonyl (C=O) groups is 1. The van der Waals surface area contributed by atoms with Crippen LogP contribution < -0.4 is 24.4 Å². The molecule has 2 aliphatic heterocycles. The Morgan fingerprint density at radius 1 is 1.25 bits per heavy atom. The van der Waals surface area contributed by atoms with E-state index in [0.717, 1.165) is 15.6 Å². The van der Waals surface area contributed by atoms with E-state index in [1.807, 2.05) is 42.5 Å². The lowest BCUT2D eigenvalue weighted by Crippen LogP contribution is -2.39. The molecule has 0 radical (unpaired) electrons. The lowest BCUT2D eigenvalue weighted by atomic mass is 9.96. The first kappa shape index (κ1) is 20.7. The second-order valence-electron chi connectivity index (χ2n) is 7.21. The Bertz CT molecular complexity index is 1460. The van der Waals surface area contributed by atoms with Crippen LogP contribution in [-0.4, -0.2) is 24.4 Å². The van der Waals surface area contributed by atoms with E-state index in [0.29, 0.717) is 32.1 Å². The van der Waals surface area contributed by atoms with Crippen LogP contribution in [0.3, 0.4) is 0 Å². The lowest BCUT2D eigenvalue weighted by Gasteiger charge is -2.24. The fraction of sp³-hybridized carbons (Fsp3) is 0.174. The number of fused-ring (bicyclic) bond motifs is 2. The van der Waals surface area contributed by atoms with E-state index in [1.54, 1.807) is 17.6 Å². The van der Waals surface area contributed by atoms with Crippen LogP contribution in [0, 0.1) is 0 Å². The monoisotopic (exact) mass is 512 g/mol. The standard InChI is InChI=1S/C23H17BrN2O5S/c1-12-19(22(28)29-2)20(13-6-4-3-5-7-13)26-21(27)18(32-23(26)25-12)9-14-8-16-17(10-15(14)24)31-11-30-16/h3-10,20H,11H2,1-2H3/b18-9-/t20-/m0/s1. The fourth-order valence-electron chi connectivity index (χ4n) is 3.83. The van der Waals surface area contributed by atoms with Gasteiger partial charge in [0.15, 0.2) is 16.3 Å². The van der Waals surface area contributed by atoms with Gasteiger partial charge in [-0.2, -0.15) is 0 Å². The van der Waals surface area contributed by atoms with Crippen LogP contribution in [0.1, 0.15) is 24.1 Å². The summed E-state index contributed by atoms with van der Waals surface area (Å²) in [4.78, 5) is 31.3. The molecule has 0 fully saturated rings. The second-order valence-corrected chi connectivity index (χ2v) is 9.07. The normalized spacial score (nSPS) is 17.2. The van der Waals surface area contributed by atoms with Crippen molar-refractivity contribution < 1.29 is 19.0 Å². The average Bonchev–Trinajstić information content (AvgIpc) is 3.36. The zero-order chi connectivity index (χ0) is 22.4. The van der Waals surface area contributed by atoms with E-state index in [2.05, 4.69) is 20.9 Å². The number of methoxy groups -OCH3 is 1. The summed E-state index contributed by atoms with van der Waals surface area (Å²) in [5.41, 5.74) is 2.23. The smallest absolute Gasteiger partial charge is 0.338 e. The number of rotatable bonds is 3. The van der Waals surface area contributed by atoms with Crippen LogP contribution in [0.4, 0.5) is 0 Å². The maximum atomic E-state index is 13.5. The first-order valence-corrected chi connectivity index (χ1v) is 11.3. The highest BCUT2D eigenvalue weighted by Crippen LogP contribution is 2.37. The molecular formula is C23H17BrN2O5S. The minimum absolute atomic E-state index is 0.167. The number of nitrogens with zero attached hydrogens (tertiary/aromatic N) is 2. The lowest BCUT2D eigenvalue weighted by molar-refractivity contribution is -0.136. The van der Waals surface area contributed by atoms with Gasteiger partial charge in [-0.05, 0) is 36.3 Å². The SMILES string of the molecule is COC(=O)C1=C(C)N=c2s/c(=C\c3cc4c(cc3Br)OCO4)c(=O)n2[C@H]1c1ccccc1. The van der Waals surface area contributed by atoms with E-state index >= 15 is 0 Å². The predicted molar refractivity (Wildman–Crippen MR) is 122 cm³/mol. The summed E-state index contributed by atoms with van der Waals surface area (Å²) in [7, 11) is 1.33. The topological polar surface area (TPSA) is 79.1 Å². The first-order chi connectivity index (χ1) is 15.5. The Kier molecular flexibility index (Phi) is 5.22. The summed E-state index contributed by atoms with van der Waals surface area (Å²) in [5.74, 6) is 0.768. The quantitative estimate of drug-likeness (QED) is 0.504. The van der Waals surface area contributed by atoms with Crippen molar-refractivity contribution in [3.05, 3.63) is 89.0 Å². The van der Waals surface area contributed by atoms with E-state index < -0.39 is 12.0 Å². The van der Waals surface area contributed by atoms with Gasteiger partial charge in [-0.3, -0.25) is 9.36 Å². The van der Waals surface area contributed by atoms with Crippen molar-refractivity contribution >= 4 is 39.3 Å². The van der Waals surface area contributed by atoms with E-state index in [1.165, 1.54) is 18.4 Å². The van der Waals surface area contributed by atoms with Gasteiger partial charge in [-0.15, -0.1) is 0 Å². The highest BCUT2D eigenvalue weighted by atomic mass is 79.9. The summed E-state index contributed by atoms with van der Waals surface area (Å²) in [6.45, 7) is 1.92. The van der Waals surface area contributed by atoms with E-state index in [9.17, 15) is 9.59 Å². The molecular weight excluding hydrogens is 496 g/mol. The van der Waals surface area contributed by atoms with Crippen molar-refractivity contribution in [1.29, 1.82) is 0 Å². The van der Waals surface area contributed by atoms with Crippen molar-refractivity contribution in [2.45, 2.75) is 13.0 Å². The number of benzene rings is 2. The number of carbonyl (C=O) groups excluding carboxylic acids is 1. The van der Waals surface area contributed by atoms with Crippen LogP contribution in [-0.2, 0) is 9.53 Å². The third-order valence-electron chi connectivity index (χ3n) is 5.32. The minimum Gasteiger partial charge on any atom is -0.466 e. The maximum absolute atomic E-state index is 13.5. The van der Waals surface area contributed by atoms with Crippen molar-refractivity contribution in [2.75, 3.05) is 13.9 Å². The van der Waals surface area contributed by atoms with Crippen molar-refractivity contribution in [3.8, 4) is 11.5 Å². The number of ether oxygens (including phenoxy) is 3. The molecule has 162 valence electrons. The predicted octanol–water partition coefficient (Wildman–Crippen LogP) is 2.90. The van der Waals surface area contributed by atoms with Gasteiger partial charge >= 0.3 is 5.97 Å². The summed E-state index contributed by atoms with van der Waals surface area (Å²) in [6, 6.07) is 12.4. The molecule has 0 saturated carbocycles. The molecule has 3 heterocycles. The Morgan fingerprint density at radius 2 is 1.97 bits per heavy atom. The number of esters is 1. The Balaban J connectivity index is 1.73.